The molecule has 0 bridgehead atoms. The van der Waals surface area contributed by atoms with Gasteiger partial charge in [0.25, 0.3) is 0 Å². The minimum absolute atomic E-state index is 0.00609. The number of nitrogens with two attached hydrogens (primary N) is 8. The summed E-state index contributed by atoms with van der Waals surface area (Å²) >= 11 is 8.58. The van der Waals surface area contributed by atoms with Gasteiger partial charge in [-0.3, -0.25) is 108 Å². The number of nitrogens with zero attached hydrogens (tertiary/aromatic N) is 1. The Bertz CT molecular complexity index is 4920. The van der Waals surface area contributed by atoms with Crippen LogP contribution in [0.3, 0.4) is 0 Å². The Morgan fingerprint density at radius 1 is 0.462 bits per heavy atom. The number of rotatable bonds is 66. The number of carbonyl (C=O) groups is 19. The van der Waals surface area contributed by atoms with Crippen LogP contribution in [0.25, 0.3) is 10.9 Å². The van der Waals surface area contributed by atoms with E-state index in [0.717, 1.165) is 28.3 Å². The van der Waals surface area contributed by atoms with Crippen LogP contribution in [0.5, 0.6) is 5.75 Å². The molecule has 17 amide bonds. The number of aliphatic hydroxyl groups is 1. The van der Waals surface area contributed by atoms with Crippen LogP contribution >= 0.6 is 25.3 Å². The summed E-state index contributed by atoms with van der Waals surface area (Å²) < 4.78 is 0. The maximum absolute atomic E-state index is 14.9. The van der Waals surface area contributed by atoms with E-state index < -0.39 is 283 Å². The predicted molar refractivity (Wildman–Crippen MR) is 525 cm³/mol. The van der Waals surface area contributed by atoms with Crippen molar-refractivity contribution < 1.29 is 112 Å². The zero-order valence-corrected chi connectivity index (χ0v) is 81.3. The average Bonchev–Trinajstić information content (AvgIpc) is 1.69. The number of carboxylic acid groups (broad SMARTS) is 2. The van der Waals surface area contributed by atoms with E-state index in [0.29, 0.717) is 12.8 Å². The third-order valence-corrected chi connectivity index (χ3v) is 23.3. The molecule has 0 saturated carbocycles. The summed E-state index contributed by atoms with van der Waals surface area (Å²) in [4.78, 5) is 267. The molecule has 3 aromatic rings. The Morgan fingerprint density at radius 2 is 0.888 bits per heavy atom. The SMILES string of the molecule is CC[C@H](C)[C@H](NC(=O)[C@H](CCCNC(=N)N)NC(=O)[C@H](Cc1ccc(O)cc1)NC(=O)CNC(=O)[C@H](CC(N)=O)NC(=O)[C@@H](NC(=O)[C@@H]1CCCN1C(=O)[C@H](CCC(N)=O)NC(=O)[C@H](CS)NC(=O)[C@H](CCCCN)NC(=O)[C@@H](N)Cc1c[nH]c2ccccc12)[C@@H](C)O)C(=O)N[C@@H](CCCNC(=N)N)C(=O)N[C@@H](CS)C(=O)N[C@@H](CCCNC(=N)N)C(=O)N[C@@H](CCCNC(=N)N)C(=O)N[C@@H](CC(=O)O)C(=O)O. The number of carbonyl (C=O) groups excluding carboxylic acids is 17. The number of aliphatic hydroxyl groups excluding tert-OH is 1. The Hall–Kier alpha value is -14.6. The fourth-order valence-corrected chi connectivity index (χ4v) is 15.3. The summed E-state index contributed by atoms with van der Waals surface area (Å²) in [6.07, 6.45) is -3.52. The highest BCUT2D eigenvalue weighted by atomic mass is 32.1. The summed E-state index contributed by atoms with van der Waals surface area (Å²) in [6.45, 7) is 3.07. The van der Waals surface area contributed by atoms with Gasteiger partial charge in [-0.05, 0) is 145 Å². The van der Waals surface area contributed by atoms with E-state index in [1.807, 2.05) is 24.3 Å². The highest BCUT2D eigenvalue weighted by Crippen LogP contribution is 2.23. The van der Waals surface area contributed by atoms with Crippen LogP contribution in [0, 0.1) is 27.6 Å². The number of fused-ring (bicyclic) bond motifs is 1. The first kappa shape index (κ1) is 121. The van der Waals surface area contributed by atoms with Crippen molar-refractivity contribution in [1.82, 2.24) is 106 Å². The molecule has 1 saturated heterocycles. The molecule has 2 aromatic carbocycles. The van der Waals surface area contributed by atoms with Gasteiger partial charge >= 0.3 is 11.9 Å². The number of aliphatic carboxylic acids is 2. The summed E-state index contributed by atoms with van der Waals surface area (Å²) in [7, 11) is 0. The first-order chi connectivity index (χ1) is 67.6. The highest BCUT2D eigenvalue weighted by molar-refractivity contribution is 7.80. The minimum Gasteiger partial charge on any atom is -0.508 e. The Balaban J connectivity index is 1.58. The fraction of sp³-hybridized carbons (Fsp3) is 0.570. The number of H-pyrrole nitrogens is 1. The second kappa shape index (κ2) is 62.5. The summed E-state index contributed by atoms with van der Waals surface area (Å²) in [5.41, 5.74) is 46.9. The monoisotopic (exact) mass is 2050 g/mol. The van der Waals surface area contributed by atoms with Crippen molar-refractivity contribution in [1.29, 1.82) is 21.6 Å². The first-order valence-corrected chi connectivity index (χ1v) is 47.4. The maximum atomic E-state index is 14.9. The Kier molecular flexibility index (Phi) is 52.8. The van der Waals surface area contributed by atoms with Crippen molar-refractivity contribution in [2.75, 3.05) is 57.3 Å². The number of para-hydroxylation sites is 1. The lowest BCUT2D eigenvalue weighted by atomic mass is 9.96. The molecular weight excluding hydrogens is 1910 g/mol. The number of aromatic amines is 1. The molecule has 2 heterocycles. The number of guanidine groups is 4. The quantitative estimate of drug-likeness (QED) is 0.0108. The number of aromatic hydroxyl groups is 1. The molecule has 1 fully saturated rings. The van der Waals surface area contributed by atoms with Crippen LogP contribution in [-0.2, 0) is 104 Å². The lowest BCUT2D eigenvalue weighted by Crippen LogP contribution is -2.61. The van der Waals surface area contributed by atoms with E-state index in [9.17, 15) is 112 Å². The number of phenolic OH excluding ortho intramolecular Hbond substituents is 1. The van der Waals surface area contributed by atoms with E-state index in [1.165, 1.54) is 24.3 Å². The predicted octanol–water partition coefficient (Wildman–Crippen LogP) is -10.4. The third kappa shape index (κ3) is 43.6. The van der Waals surface area contributed by atoms with E-state index in [1.54, 1.807) is 20.0 Å². The molecule has 0 spiro atoms. The number of phenols is 1. The van der Waals surface area contributed by atoms with E-state index in [2.05, 4.69) is 126 Å². The van der Waals surface area contributed by atoms with Crippen LogP contribution < -0.4 is 142 Å². The van der Waals surface area contributed by atoms with Gasteiger partial charge in [0.2, 0.25) is 100 Å². The Labute approximate surface area is 833 Å². The minimum atomic E-state index is -1.99. The van der Waals surface area contributed by atoms with Gasteiger partial charge in [0.15, 0.2) is 23.8 Å². The number of hydrogen-bond acceptors (Lipinski definition) is 29. The summed E-state index contributed by atoms with van der Waals surface area (Å²) in [5.74, 6) is -25.0. The van der Waals surface area contributed by atoms with Crippen molar-refractivity contribution >= 4 is 172 Å². The number of thiol groups is 2. The molecule has 792 valence electrons. The van der Waals surface area contributed by atoms with Crippen LogP contribution in [-0.4, -0.2) is 321 Å². The number of primary amides is 2. The number of amides is 17. The molecule has 4 rings (SSSR count). The van der Waals surface area contributed by atoms with E-state index in [4.69, 9.17) is 67.5 Å². The first-order valence-electron chi connectivity index (χ1n) is 46.2. The number of carboxylic acids is 2. The van der Waals surface area contributed by atoms with Crippen molar-refractivity contribution in [2.45, 2.75) is 246 Å². The molecule has 143 heavy (non-hydrogen) atoms. The molecule has 1 aliphatic rings. The number of unbranched alkanes of at least 4 members (excludes halogenated alkanes) is 1. The van der Waals surface area contributed by atoms with Gasteiger partial charge in [-0.1, -0.05) is 50.6 Å². The van der Waals surface area contributed by atoms with Gasteiger partial charge in [0.05, 0.1) is 31.5 Å². The standard InChI is InChI=1S/C86H138N32O23S2/c1-4-42(2)66(79(137)110-53(19-11-31-101-85(95)96)73(131)114-59(40-142)76(134)109-51(17-9-29-99-83(91)92)70(128)107-52(18-10-30-100-84(93)94)71(129)113-58(82(140)141)37-65(124)125)116-74(132)54(20-12-32-102-86(97)98)108-75(133)56(34-44-22-24-46(120)25-23-44)105-64(123)39-104-69(127)57(36-63(90)122)112-80(138)67(43(3)119)117-78(136)61-21-13-33-118(61)81(139)55(26-27-62(89)121)111-77(135)60(41-143)115-72(130)50(16-7-8-28-87)106-68(126)48(88)35-45-38-103-49-15-6-5-14-47(45)49/h5-6,14-15,22-25,38,42-43,48,50-61,66-67,103,119-120,142-143H,4,7-13,16-21,26-37,39-41,87-88H2,1-3H3,(H2,89,121)(H2,90,122)(H,104,127)(H,105,123)(H,106,126)(H,107,128)(H,108,133)(H,109,134)(H,110,137)(H,111,135)(H,112,138)(H,113,129)(H,114,131)(H,115,130)(H,116,132)(H,117,136)(H,124,125)(H,140,141)(H4,91,92,99)(H4,93,94,100)(H4,95,96,101)(H4,97,98,102)/t42-,43+,48-,50-,51-,52-,53-,54-,55-,56-,57-,58-,59-,60-,61-,66-,67-/m0/s1. The topological polar surface area (TPSA) is 944 Å². The zero-order chi connectivity index (χ0) is 107. The van der Waals surface area contributed by atoms with Crippen LogP contribution in [0.4, 0.5) is 0 Å². The molecule has 0 radical (unpaired) electrons. The van der Waals surface area contributed by atoms with Crippen molar-refractivity contribution in [3.63, 3.8) is 0 Å². The largest absolute Gasteiger partial charge is 0.508 e. The van der Waals surface area contributed by atoms with Crippen molar-refractivity contribution in [2.24, 2.45) is 51.8 Å². The van der Waals surface area contributed by atoms with Crippen molar-refractivity contribution in [3.05, 3.63) is 65.9 Å². The number of likely N-dealkylation sites (tertiary alicyclic amines) is 1. The maximum Gasteiger partial charge on any atom is 0.326 e. The Morgan fingerprint density at radius 3 is 1.34 bits per heavy atom. The molecule has 0 aliphatic carbocycles. The number of aromatic nitrogens is 1. The molecule has 1 aliphatic heterocycles. The number of hydrogen-bond donors (Lipinski definition) is 37. The molecule has 57 heteroatoms. The number of benzene rings is 2. The van der Waals surface area contributed by atoms with Gasteiger partial charge in [-0.2, -0.15) is 25.3 Å². The highest BCUT2D eigenvalue weighted by Gasteiger charge is 2.43. The molecule has 17 atom stereocenters. The normalized spacial score (nSPS) is 15.4. The fourth-order valence-electron chi connectivity index (χ4n) is 14.7. The van der Waals surface area contributed by atoms with E-state index in [-0.39, 0.29) is 140 Å². The molecule has 0 unspecified atom stereocenters. The van der Waals surface area contributed by atoms with Gasteiger partial charge in [-0.25, -0.2) is 4.79 Å². The summed E-state index contributed by atoms with van der Waals surface area (Å²) in [5, 5.41) is 116. The van der Waals surface area contributed by atoms with Crippen LogP contribution in [0.15, 0.2) is 54.7 Å². The average molecular weight is 2050 g/mol. The lowest BCUT2D eigenvalue weighted by molar-refractivity contribution is -0.147. The van der Waals surface area contributed by atoms with Crippen LogP contribution in [0.2, 0.25) is 0 Å². The second-order valence-electron chi connectivity index (χ2n) is 34.0. The zero-order valence-electron chi connectivity index (χ0n) is 79.5. The molecule has 43 N–H and O–H groups in total. The molecule has 1 aromatic heterocycles. The third-order valence-electron chi connectivity index (χ3n) is 22.6. The lowest BCUT2D eigenvalue weighted by Gasteiger charge is -2.31. The molecular formula is C86H138N32O23S2. The van der Waals surface area contributed by atoms with Crippen molar-refractivity contribution in [3.8, 4) is 5.75 Å². The summed E-state index contributed by atoms with van der Waals surface area (Å²) in [6, 6.07) is -11.7. The smallest absolute Gasteiger partial charge is 0.326 e. The van der Waals surface area contributed by atoms with E-state index >= 15 is 0 Å². The second-order valence-corrected chi connectivity index (χ2v) is 34.7. The van der Waals surface area contributed by atoms with Gasteiger partial charge < -0.3 is 172 Å². The number of nitrogens with one attached hydrogen (secondary N) is 23. The van der Waals surface area contributed by atoms with Crippen LogP contribution in [0.1, 0.15) is 147 Å². The molecule has 55 nitrogen and oxygen atoms in total. The van der Waals surface area contributed by atoms with Gasteiger partial charge in [0, 0.05) is 74.2 Å². The van der Waals surface area contributed by atoms with Gasteiger partial charge in [0.1, 0.15) is 90.3 Å². The van der Waals surface area contributed by atoms with Gasteiger partial charge in [-0.15, -0.1) is 0 Å².